The van der Waals surface area contributed by atoms with Crippen molar-refractivity contribution in [2.24, 2.45) is 0 Å². The van der Waals surface area contributed by atoms with Gasteiger partial charge in [-0.2, -0.15) is 5.10 Å². The first-order valence-corrected chi connectivity index (χ1v) is 10.1. The lowest BCUT2D eigenvalue weighted by atomic mass is 10.0. The molecule has 4 aromatic rings. The van der Waals surface area contributed by atoms with E-state index in [2.05, 4.69) is 34.3 Å². The van der Waals surface area contributed by atoms with Crippen LogP contribution in [-0.2, 0) is 13.0 Å². The highest BCUT2D eigenvalue weighted by molar-refractivity contribution is 5.59. The maximum absolute atomic E-state index is 13.2. The molecule has 1 aromatic heterocycles. The minimum absolute atomic E-state index is 0.0461. The fourth-order valence-electron chi connectivity index (χ4n) is 3.47. The summed E-state index contributed by atoms with van der Waals surface area (Å²) in [5, 5.41) is 4.67. The molecule has 0 bridgehead atoms. The van der Waals surface area contributed by atoms with Crippen molar-refractivity contribution in [3.05, 3.63) is 118 Å². The maximum atomic E-state index is 13.2. The zero-order valence-electron chi connectivity index (χ0n) is 17.3. The van der Waals surface area contributed by atoms with Crippen molar-refractivity contribution < 1.29 is 0 Å². The molecule has 150 valence electrons. The second kappa shape index (κ2) is 8.78. The van der Waals surface area contributed by atoms with Crippen molar-refractivity contribution in [1.82, 2.24) is 9.78 Å². The summed E-state index contributed by atoms with van der Waals surface area (Å²) in [7, 11) is 4.04. The molecule has 0 spiro atoms. The number of hydrogen-bond acceptors (Lipinski definition) is 3. The van der Waals surface area contributed by atoms with Crippen molar-refractivity contribution in [2.75, 3.05) is 19.0 Å². The van der Waals surface area contributed by atoms with E-state index in [-0.39, 0.29) is 5.56 Å². The monoisotopic (exact) mass is 395 g/mol. The van der Waals surface area contributed by atoms with Gasteiger partial charge in [-0.3, -0.25) is 4.79 Å². The molecule has 4 rings (SSSR count). The van der Waals surface area contributed by atoms with E-state index in [1.165, 1.54) is 0 Å². The third kappa shape index (κ3) is 4.49. The van der Waals surface area contributed by atoms with Crippen LogP contribution in [0.2, 0.25) is 0 Å². The van der Waals surface area contributed by atoms with E-state index in [9.17, 15) is 4.79 Å². The van der Waals surface area contributed by atoms with Crippen molar-refractivity contribution in [2.45, 2.75) is 13.0 Å². The molecule has 3 aromatic carbocycles. The van der Waals surface area contributed by atoms with E-state index < -0.39 is 0 Å². The first-order valence-electron chi connectivity index (χ1n) is 10.1. The van der Waals surface area contributed by atoms with Crippen LogP contribution in [0.25, 0.3) is 11.3 Å². The predicted molar refractivity (Wildman–Crippen MR) is 123 cm³/mol. The topological polar surface area (TPSA) is 38.1 Å². The van der Waals surface area contributed by atoms with E-state index in [1.807, 2.05) is 80.8 Å². The van der Waals surface area contributed by atoms with E-state index in [4.69, 9.17) is 0 Å². The third-order valence-electron chi connectivity index (χ3n) is 5.14. The minimum Gasteiger partial charge on any atom is -0.378 e. The molecule has 4 nitrogen and oxygen atoms in total. The molecule has 0 aliphatic rings. The zero-order valence-corrected chi connectivity index (χ0v) is 17.3. The van der Waals surface area contributed by atoms with Crippen LogP contribution in [0, 0.1) is 0 Å². The van der Waals surface area contributed by atoms with Crippen molar-refractivity contribution in [3.63, 3.8) is 0 Å². The highest BCUT2D eigenvalue weighted by atomic mass is 16.1. The third-order valence-corrected chi connectivity index (χ3v) is 5.14. The Hall–Kier alpha value is -3.66. The fraction of sp³-hybridized carbons (Fsp3) is 0.154. The van der Waals surface area contributed by atoms with Gasteiger partial charge < -0.3 is 4.90 Å². The normalized spacial score (nSPS) is 10.7. The Bertz CT molecular complexity index is 1160. The van der Waals surface area contributed by atoms with Crippen LogP contribution < -0.4 is 10.5 Å². The molecule has 0 radical (unpaired) electrons. The van der Waals surface area contributed by atoms with Gasteiger partial charge in [0.1, 0.15) is 0 Å². The van der Waals surface area contributed by atoms with Crippen LogP contribution in [0.5, 0.6) is 0 Å². The van der Waals surface area contributed by atoms with Crippen LogP contribution >= 0.6 is 0 Å². The van der Waals surface area contributed by atoms with Crippen molar-refractivity contribution in [1.29, 1.82) is 0 Å². The number of rotatable bonds is 6. The molecule has 30 heavy (non-hydrogen) atoms. The summed E-state index contributed by atoms with van der Waals surface area (Å²) in [6, 6.07) is 30.2. The maximum Gasteiger partial charge on any atom is 0.270 e. The molecule has 4 heteroatoms. The lowest BCUT2D eigenvalue weighted by Gasteiger charge is -2.14. The van der Waals surface area contributed by atoms with Crippen LogP contribution in [0.1, 0.15) is 16.7 Å². The van der Waals surface area contributed by atoms with Crippen molar-refractivity contribution in [3.8, 4) is 11.3 Å². The van der Waals surface area contributed by atoms with Gasteiger partial charge in [0.25, 0.3) is 5.56 Å². The molecule has 0 saturated heterocycles. The molecule has 0 fully saturated rings. The van der Waals surface area contributed by atoms with Gasteiger partial charge in [0.15, 0.2) is 0 Å². The van der Waals surface area contributed by atoms with E-state index in [1.54, 1.807) is 4.68 Å². The first kappa shape index (κ1) is 19.6. The van der Waals surface area contributed by atoms with Gasteiger partial charge in [-0.05, 0) is 29.3 Å². The molecule has 0 amide bonds. The zero-order chi connectivity index (χ0) is 20.9. The standard InChI is InChI=1S/C26H25N3O/c1-28(2)24-15-13-20(14-16-24)17-23-18-25(22-11-7-4-8-12-22)27-29(26(23)30)19-21-9-5-3-6-10-21/h3-16,18H,17,19H2,1-2H3. The Morgan fingerprint density at radius 3 is 2.07 bits per heavy atom. The summed E-state index contributed by atoms with van der Waals surface area (Å²) in [6.07, 6.45) is 0.573. The van der Waals surface area contributed by atoms with Gasteiger partial charge in [0.2, 0.25) is 0 Å². The molecule has 0 unspecified atom stereocenters. The van der Waals surface area contributed by atoms with Crippen molar-refractivity contribution >= 4 is 5.69 Å². The van der Waals surface area contributed by atoms with Gasteiger partial charge in [-0.1, -0.05) is 72.8 Å². The van der Waals surface area contributed by atoms with Crippen LogP contribution in [0.3, 0.4) is 0 Å². The predicted octanol–water partition coefficient (Wildman–Crippen LogP) is 4.62. The fourth-order valence-corrected chi connectivity index (χ4v) is 3.47. The van der Waals surface area contributed by atoms with Gasteiger partial charge in [0, 0.05) is 37.3 Å². The number of nitrogens with zero attached hydrogens (tertiary/aromatic N) is 3. The molecular weight excluding hydrogens is 370 g/mol. The van der Waals surface area contributed by atoms with Gasteiger partial charge in [-0.15, -0.1) is 0 Å². The van der Waals surface area contributed by atoms with Gasteiger partial charge >= 0.3 is 0 Å². The summed E-state index contributed by atoms with van der Waals surface area (Å²) < 4.78 is 1.58. The Morgan fingerprint density at radius 2 is 1.43 bits per heavy atom. The van der Waals surface area contributed by atoms with Crippen LogP contribution in [0.15, 0.2) is 95.8 Å². The van der Waals surface area contributed by atoms with E-state index >= 15 is 0 Å². The van der Waals surface area contributed by atoms with Gasteiger partial charge in [-0.25, -0.2) is 4.68 Å². The number of hydrogen-bond donors (Lipinski definition) is 0. The van der Waals surface area contributed by atoms with E-state index in [0.29, 0.717) is 13.0 Å². The quantitative estimate of drug-likeness (QED) is 0.478. The summed E-state index contributed by atoms with van der Waals surface area (Å²) in [4.78, 5) is 15.3. The second-order valence-electron chi connectivity index (χ2n) is 7.61. The lowest BCUT2D eigenvalue weighted by Crippen LogP contribution is -2.27. The Labute approximate surface area is 177 Å². The molecule has 0 atom stereocenters. The molecule has 0 N–H and O–H groups in total. The summed E-state index contributed by atoms with van der Waals surface area (Å²) in [6.45, 7) is 0.451. The Balaban J connectivity index is 1.74. The SMILES string of the molecule is CN(C)c1ccc(Cc2cc(-c3ccccc3)nn(Cc3ccccc3)c2=O)cc1. The summed E-state index contributed by atoms with van der Waals surface area (Å²) in [5.74, 6) is 0. The number of anilines is 1. The number of aromatic nitrogens is 2. The van der Waals surface area contributed by atoms with E-state index in [0.717, 1.165) is 33.6 Å². The average Bonchev–Trinajstić information content (AvgIpc) is 2.78. The Kier molecular flexibility index (Phi) is 5.75. The molecule has 0 aliphatic heterocycles. The molecule has 0 aliphatic carbocycles. The summed E-state index contributed by atoms with van der Waals surface area (Å²) in [5.41, 5.74) is 5.81. The smallest absolute Gasteiger partial charge is 0.270 e. The minimum atomic E-state index is -0.0461. The molecular formula is C26H25N3O. The highest BCUT2D eigenvalue weighted by Crippen LogP contribution is 2.19. The van der Waals surface area contributed by atoms with Gasteiger partial charge in [0.05, 0.1) is 12.2 Å². The summed E-state index contributed by atoms with van der Waals surface area (Å²) >= 11 is 0. The molecule has 0 saturated carbocycles. The first-order chi connectivity index (χ1) is 14.6. The lowest BCUT2D eigenvalue weighted by molar-refractivity contribution is 0.635. The van der Waals surface area contributed by atoms with Crippen LogP contribution in [-0.4, -0.2) is 23.9 Å². The van der Waals surface area contributed by atoms with Crippen LogP contribution in [0.4, 0.5) is 5.69 Å². The Morgan fingerprint density at radius 1 is 0.800 bits per heavy atom. The number of benzene rings is 3. The largest absolute Gasteiger partial charge is 0.378 e. The second-order valence-corrected chi connectivity index (χ2v) is 7.61. The molecule has 1 heterocycles. The average molecular weight is 396 g/mol. The highest BCUT2D eigenvalue weighted by Gasteiger charge is 2.11.